The predicted octanol–water partition coefficient (Wildman–Crippen LogP) is 4.47. The van der Waals surface area contributed by atoms with E-state index in [9.17, 15) is 4.39 Å². The van der Waals surface area contributed by atoms with E-state index in [0.717, 1.165) is 16.9 Å². The highest BCUT2D eigenvalue weighted by Crippen LogP contribution is 2.23. The Balaban J connectivity index is 2.25. The SMILES string of the molecule is CCOc1ccccc1Cc1ccc(F)c(Cl)c1. The Hall–Kier alpha value is -1.54. The number of rotatable bonds is 4. The van der Waals surface area contributed by atoms with E-state index >= 15 is 0 Å². The van der Waals surface area contributed by atoms with Gasteiger partial charge in [0, 0.05) is 6.42 Å². The second-order valence-electron chi connectivity index (χ2n) is 3.97. The van der Waals surface area contributed by atoms with Gasteiger partial charge in [0.15, 0.2) is 0 Å². The van der Waals surface area contributed by atoms with Crippen molar-refractivity contribution < 1.29 is 9.13 Å². The molecule has 0 saturated heterocycles. The molecule has 0 unspecified atom stereocenters. The second kappa shape index (κ2) is 5.87. The fourth-order valence-electron chi connectivity index (χ4n) is 1.82. The van der Waals surface area contributed by atoms with Crippen LogP contribution in [0.1, 0.15) is 18.1 Å². The summed E-state index contributed by atoms with van der Waals surface area (Å²) in [5.41, 5.74) is 2.04. The standard InChI is InChI=1S/C15H14ClFO/c1-2-18-15-6-4-3-5-12(15)9-11-7-8-14(17)13(16)10-11/h3-8,10H,2,9H2,1H3. The van der Waals surface area contributed by atoms with Crippen molar-refractivity contribution in [1.29, 1.82) is 0 Å². The molecule has 0 heterocycles. The first-order valence-corrected chi connectivity index (χ1v) is 6.23. The van der Waals surface area contributed by atoms with Gasteiger partial charge >= 0.3 is 0 Å². The minimum atomic E-state index is -0.390. The van der Waals surface area contributed by atoms with E-state index in [1.165, 1.54) is 6.07 Å². The normalized spacial score (nSPS) is 10.4. The van der Waals surface area contributed by atoms with Gasteiger partial charge in [-0.25, -0.2) is 4.39 Å². The van der Waals surface area contributed by atoms with Gasteiger partial charge in [-0.1, -0.05) is 35.9 Å². The van der Waals surface area contributed by atoms with Crippen LogP contribution in [0.5, 0.6) is 5.75 Å². The van der Waals surface area contributed by atoms with E-state index in [-0.39, 0.29) is 5.02 Å². The summed E-state index contributed by atoms with van der Waals surface area (Å²) in [6.07, 6.45) is 0.677. The van der Waals surface area contributed by atoms with Crippen molar-refractivity contribution in [3.05, 3.63) is 64.4 Å². The third-order valence-electron chi connectivity index (χ3n) is 2.65. The molecule has 0 N–H and O–H groups in total. The van der Waals surface area contributed by atoms with Gasteiger partial charge in [0.2, 0.25) is 0 Å². The number of ether oxygens (including phenoxy) is 1. The van der Waals surface area contributed by atoms with Crippen molar-refractivity contribution in [3.8, 4) is 5.75 Å². The summed E-state index contributed by atoms with van der Waals surface area (Å²) in [5, 5.41) is 0.154. The maximum Gasteiger partial charge on any atom is 0.141 e. The largest absolute Gasteiger partial charge is 0.494 e. The molecule has 0 aromatic heterocycles. The minimum absolute atomic E-state index is 0.154. The molecule has 3 heteroatoms. The number of halogens is 2. The van der Waals surface area contributed by atoms with Gasteiger partial charge in [-0.2, -0.15) is 0 Å². The van der Waals surface area contributed by atoms with Crippen molar-refractivity contribution >= 4 is 11.6 Å². The lowest BCUT2D eigenvalue weighted by Crippen LogP contribution is -1.97. The summed E-state index contributed by atoms with van der Waals surface area (Å²) >= 11 is 5.77. The highest BCUT2D eigenvalue weighted by atomic mass is 35.5. The summed E-state index contributed by atoms with van der Waals surface area (Å²) < 4.78 is 18.6. The molecule has 0 atom stereocenters. The first kappa shape index (κ1) is 12.9. The Labute approximate surface area is 111 Å². The van der Waals surface area contributed by atoms with Gasteiger partial charge in [0.1, 0.15) is 11.6 Å². The smallest absolute Gasteiger partial charge is 0.141 e. The van der Waals surface area contributed by atoms with Crippen LogP contribution < -0.4 is 4.74 Å². The zero-order valence-electron chi connectivity index (χ0n) is 10.1. The quantitative estimate of drug-likeness (QED) is 0.792. The Morgan fingerprint density at radius 2 is 1.94 bits per heavy atom. The molecule has 0 saturated carbocycles. The van der Waals surface area contributed by atoms with Gasteiger partial charge in [-0.15, -0.1) is 0 Å². The van der Waals surface area contributed by atoms with Gasteiger partial charge in [-0.3, -0.25) is 0 Å². The highest BCUT2D eigenvalue weighted by molar-refractivity contribution is 6.30. The van der Waals surface area contributed by atoms with Crippen LogP contribution in [0.15, 0.2) is 42.5 Å². The fraction of sp³-hybridized carbons (Fsp3) is 0.200. The van der Waals surface area contributed by atoms with Crippen molar-refractivity contribution in [2.45, 2.75) is 13.3 Å². The van der Waals surface area contributed by atoms with E-state index in [1.807, 2.05) is 31.2 Å². The third kappa shape index (κ3) is 3.02. The molecule has 0 aliphatic carbocycles. The molecule has 18 heavy (non-hydrogen) atoms. The van der Waals surface area contributed by atoms with Gasteiger partial charge in [0.05, 0.1) is 11.6 Å². The van der Waals surface area contributed by atoms with Crippen LogP contribution in [0.4, 0.5) is 4.39 Å². The maximum absolute atomic E-state index is 13.1. The second-order valence-corrected chi connectivity index (χ2v) is 4.37. The average Bonchev–Trinajstić information content (AvgIpc) is 2.37. The molecule has 2 rings (SSSR count). The highest BCUT2D eigenvalue weighted by Gasteiger charge is 2.06. The van der Waals surface area contributed by atoms with Crippen LogP contribution in [-0.2, 0) is 6.42 Å². The van der Waals surface area contributed by atoms with E-state index in [2.05, 4.69) is 0 Å². The molecular formula is C15H14ClFO. The summed E-state index contributed by atoms with van der Waals surface area (Å²) in [6, 6.07) is 12.6. The van der Waals surface area contributed by atoms with E-state index < -0.39 is 5.82 Å². The molecule has 0 bridgehead atoms. The number of hydrogen-bond donors (Lipinski definition) is 0. The average molecular weight is 265 g/mol. The summed E-state index contributed by atoms with van der Waals surface area (Å²) in [4.78, 5) is 0. The van der Waals surface area contributed by atoms with Crippen LogP contribution in [-0.4, -0.2) is 6.61 Å². The van der Waals surface area contributed by atoms with Gasteiger partial charge in [-0.05, 0) is 36.2 Å². The Kier molecular flexibility index (Phi) is 4.21. The van der Waals surface area contributed by atoms with E-state index in [0.29, 0.717) is 13.0 Å². The summed E-state index contributed by atoms with van der Waals surface area (Å²) in [6.45, 7) is 2.58. The molecule has 2 aromatic carbocycles. The third-order valence-corrected chi connectivity index (χ3v) is 2.94. The number of hydrogen-bond acceptors (Lipinski definition) is 1. The number of para-hydroxylation sites is 1. The summed E-state index contributed by atoms with van der Waals surface area (Å²) in [5.74, 6) is 0.471. The van der Waals surface area contributed by atoms with Gasteiger partial charge in [0.25, 0.3) is 0 Å². The Bertz CT molecular complexity index is 540. The van der Waals surface area contributed by atoms with Crippen LogP contribution in [0.25, 0.3) is 0 Å². The molecule has 94 valence electrons. The molecule has 0 fully saturated rings. The lowest BCUT2D eigenvalue weighted by atomic mass is 10.0. The maximum atomic E-state index is 13.1. The monoisotopic (exact) mass is 264 g/mol. The molecule has 2 aromatic rings. The lowest BCUT2D eigenvalue weighted by Gasteiger charge is -2.10. The zero-order valence-corrected chi connectivity index (χ0v) is 10.9. The van der Waals surface area contributed by atoms with Crippen LogP contribution in [0.3, 0.4) is 0 Å². The van der Waals surface area contributed by atoms with Crippen molar-refractivity contribution in [3.63, 3.8) is 0 Å². The predicted molar refractivity (Wildman–Crippen MR) is 71.8 cm³/mol. The van der Waals surface area contributed by atoms with Crippen molar-refractivity contribution in [1.82, 2.24) is 0 Å². The van der Waals surface area contributed by atoms with E-state index in [4.69, 9.17) is 16.3 Å². The summed E-state index contributed by atoms with van der Waals surface area (Å²) in [7, 11) is 0. The zero-order chi connectivity index (χ0) is 13.0. The Morgan fingerprint density at radius 3 is 2.67 bits per heavy atom. The topological polar surface area (TPSA) is 9.23 Å². The van der Waals surface area contributed by atoms with E-state index in [1.54, 1.807) is 12.1 Å². The molecule has 1 nitrogen and oxygen atoms in total. The molecule has 0 amide bonds. The molecule has 0 spiro atoms. The van der Waals surface area contributed by atoms with Crippen LogP contribution >= 0.6 is 11.6 Å². The molecular weight excluding hydrogens is 251 g/mol. The minimum Gasteiger partial charge on any atom is -0.494 e. The van der Waals surface area contributed by atoms with Crippen molar-refractivity contribution in [2.75, 3.05) is 6.61 Å². The van der Waals surface area contributed by atoms with Crippen LogP contribution in [0.2, 0.25) is 5.02 Å². The fourth-order valence-corrected chi connectivity index (χ4v) is 2.02. The van der Waals surface area contributed by atoms with Crippen molar-refractivity contribution in [2.24, 2.45) is 0 Å². The van der Waals surface area contributed by atoms with Crippen LogP contribution in [0, 0.1) is 5.82 Å². The Morgan fingerprint density at radius 1 is 1.17 bits per heavy atom. The molecule has 0 aliphatic rings. The molecule has 0 aliphatic heterocycles. The van der Waals surface area contributed by atoms with Gasteiger partial charge < -0.3 is 4.74 Å². The molecule has 0 radical (unpaired) electrons. The number of benzene rings is 2. The first-order valence-electron chi connectivity index (χ1n) is 5.85. The first-order chi connectivity index (χ1) is 8.70. The lowest BCUT2D eigenvalue weighted by molar-refractivity contribution is 0.337.